The molecule has 3 atom stereocenters. The Kier molecular flexibility index (Phi) is 6.98. The fraction of sp³-hybridized carbons (Fsp3) is 0.700. The van der Waals surface area contributed by atoms with E-state index in [-0.39, 0.29) is 18.9 Å². The Labute approximate surface area is 109 Å². The number of hydrogen-bond donors (Lipinski definition) is 5. The van der Waals surface area contributed by atoms with E-state index in [4.69, 9.17) is 26.2 Å². The number of nitrogens with zero attached hydrogens (tertiary/aromatic N) is 1. The van der Waals surface area contributed by atoms with Gasteiger partial charge in [-0.3, -0.25) is 9.59 Å². The molecule has 0 spiro atoms. The quantitative estimate of drug-likeness (QED) is 0.376. The molecule has 1 aliphatic heterocycles. The summed E-state index contributed by atoms with van der Waals surface area (Å²) in [4.78, 5) is 32.2. The number of aliphatic carboxylic acids is 2. The number of β-amino-alcohol motifs (C(OH)–C–C–N with tert-alkyl or cyclic N) is 1. The van der Waals surface area contributed by atoms with Gasteiger partial charge in [0.15, 0.2) is 0 Å². The van der Waals surface area contributed by atoms with Gasteiger partial charge >= 0.3 is 11.9 Å². The molecule has 0 aromatic rings. The van der Waals surface area contributed by atoms with Crippen LogP contribution in [0.4, 0.5) is 0 Å². The first kappa shape index (κ1) is 17.3. The lowest BCUT2D eigenvalue weighted by atomic mass is 10.2. The van der Waals surface area contributed by atoms with E-state index in [1.165, 1.54) is 11.8 Å². The molecule has 1 rings (SSSR count). The summed E-state index contributed by atoms with van der Waals surface area (Å²) in [6, 6.07) is -1.97. The van der Waals surface area contributed by atoms with Crippen LogP contribution in [0.15, 0.2) is 0 Å². The number of aliphatic hydroxyl groups excluding tert-OH is 2. The molecular formula is C10H18N2O7. The van der Waals surface area contributed by atoms with Gasteiger partial charge < -0.3 is 31.1 Å². The average Bonchev–Trinajstić information content (AvgIpc) is 2.71. The van der Waals surface area contributed by atoms with Crippen LogP contribution in [0.25, 0.3) is 0 Å². The SMILES string of the molecule is CC(=O)N1CC(O)C[C@H]1C(=O)O.NC(CO)C(=O)O. The fourth-order valence-electron chi connectivity index (χ4n) is 1.47. The van der Waals surface area contributed by atoms with E-state index in [1.807, 2.05) is 0 Å². The maximum absolute atomic E-state index is 10.9. The van der Waals surface area contributed by atoms with Gasteiger partial charge in [-0.25, -0.2) is 4.79 Å². The average molecular weight is 278 g/mol. The molecule has 1 heterocycles. The van der Waals surface area contributed by atoms with Crippen molar-refractivity contribution in [3.8, 4) is 0 Å². The Morgan fingerprint density at radius 3 is 2.11 bits per heavy atom. The predicted octanol–water partition coefficient (Wildman–Crippen LogP) is -2.56. The molecule has 1 fully saturated rings. The standard InChI is InChI=1S/C7H11NO4.C3H7NO3/c1-4(9)8-3-5(10)2-6(8)7(11)12;4-2(1-5)3(6)7/h5-6,10H,2-3H2,1H3,(H,11,12);2,5H,1,4H2,(H,6,7)/t5?,6-;/m0./s1. The van der Waals surface area contributed by atoms with Crippen LogP contribution in [0.2, 0.25) is 0 Å². The highest BCUT2D eigenvalue weighted by molar-refractivity contribution is 5.83. The summed E-state index contributed by atoms with van der Waals surface area (Å²) in [6.07, 6.45) is -0.565. The van der Waals surface area contributed by atoms with Crippen LogP contribution in [0.5, 0.6) is 0 Å². The molecule has 0 radical (unpaired) electrons. The van der Waals surface area contributed by atoms with Crippen molar-refractivity contribution in [1.82, 2.24) is 4.90 Å². The van der Waals surface area contributed by atoms with Gasteiger partial charge in [0.25, 0.3) is 0 Å². The van der Waals surface area contributed by atoms with Crippen molar-refractivity contribution < 1.29 is 34.8 Å². The summed E-state index contributed by atoms with van der Waals surface area (Å²) >= 11 is 0. The van der Waals surface area contributed by atoms with E-state index in [1.54, 1.807) is 0 Å². The van der Waals surface area contributed by atoms with E-state index < -0.39 is 36.7 Å². The van der Waals surface area contributed by atoms with E-state index in [9.17, 15) is 14.4 Å². The zero-order valence-corrected chi connectivity index (χ0v) is 10.4. The van der Waals surface area contributed by atoms with Crippen molar-refractivity contribution in [3.63, 3.8) is 0 Å². The molecule has 9 nitrogen and oxygen atoms in total. The van der Waals surface area contributed by atoms with Crippen LogP contribution in [0, 0.1) is 0 Å². The Hall–Kier alpha value is -1.71. The topological polar surface area (TPSA) is 161 Å². The van der Waals surface area contributed by atoms with Crippen LogP contribution < -0.4 is 5.73 Å². The molecular weight excluding hydrogens is 260 g/mol. The highest BCUT2D eigenvalue weighted by Crippen LogP contribution is 2.17. The van der Waals surface area contributed by atoms with Crippen molar-refractivity contribution >= 4 is 17.8 Å². The van der Waals surface area contributed by atoms with Gasteiger partial charge in [-0.2, -0.15) is 0 Å². The maximum atomic E-state index is 10.9. The second-order valence-corrected chi connectivity index (χ2v) is 4.04. The lowest BCUT2D eigenvalue weighted by Crippen LogP contribution is -2.39. The second-order valence-electron chi connectivity index (χ2n) is 4.04. The van der Waals surface area contributed by atoms with Gasteiger partial charge in [0, 0.05) is 19.9 Å². The molecule has 1 aliphatic rings. The molecule has 1 saturated heterocycles. The fourth-order valence-corrected chi connectivity index (χ4v) is 1.47. The zero-order chi connectivity index (χ0) is 15.2. The third-order valence-corrected chi connectivity index (χ3v) is 2.48. The van der Waals surface area contributed by atoms with Gasteiger partial charge in [-0.1, -0.05) is 0 Å². The highest BCUT2D eigenvalue weighted by Gasteiger charge is 2.37. The Morgan fingerprint density at radius 1 is 1.37 bits per heavy atom. The first-order chi connectivity index (χ1) is 8.70. The maximum Gasteiger partial charge on any atom is 0.326 e. The van der Waals surface area contributed by atoms with Crippen molar-refractivity contribution in [2.45, 2.75) is 31.5 Å². The number of carbonyl (C=O) groups is 3. The summed E-state index contributed by atoms with van der Waals surface area (Å²) in [7, 11) is 0. The number of aliphatic hydroxyl groups is 2. The van der Waals surface area contributed by atoms with Gasteiger partial charge in [0.2, 0.25) is 5.91 Å². The molecule has 6 N–H and O–H groups in total. The van der Waals surface area contributed by atoms with Gasteiger partial charge in [0.1, 0.15) is 12.1 Å². The van der Waals surface area contributed by atoms with Crippen LogP contribution in [0.3, 0.4) is 0 Å². The molecule has 0 aromatic carbocycles. The van der Waals surface area contributed by atoms with Gasteiger partial charge in [-0.05, 0) is 0 Å². The minimum Gasteiger partial charge on any atom is -0.480 e. The third-order valence-electron chi connectivity index (χ3n) is 2.48. The van der Waals surface area contributed by atoms with E-state index >= 15 is 0 Å². The number of carboxylic acid groups (broad SMARTS) is 2. The second kappa shape index (κ2) is 7.67. The molecule has 0 saturated carbocycles. The lowest BCUT2D eigenvalue weighted by molar-refractivity contribution is -0.147. The summed E-state index contributed by atoms with van der Waals surface area (Å²) in [5, 5.41) is 33.7. The van der Waals surface area contributed by atoms with Crippen LogP contribution >= 0.6 is 0 Å². The summed E-state index contributed by atoms with van der Waals surface area (Å²) in [5.41, 5.74) is 4.77. The number of amides is 1. The summed E-state index contributed by atoms with van der Waals surface area (Å²) < 4.78 is 0. The van der Waals surface area contributed by atoms with Gasteiger partial charge in [-0.15, -0.1) is 0 Å². The minimum atomic E-state index is -1.18. The Bertz CT molecular complexity index is 325. The highest BCUT2D eigenvalue weighted by atomic mass is 16.4. The number of nitrogens with two attached hydrogens (primary N) is 1. The minimum absolute atomic E-state index is 0.131. The van der Waals surface area contributed by atoms with Crippen LogP contribution in [-0.4, -0.2) is 74.5 Å². The summed E-state index contributed by atoms with van der Waals surface area (Å²) in [5.74, 6) is -2.54. The first-order valence-electron chi connectivity index (χ1n) is 5.48. The molecule has 0 aromatic heterocycles. The Balaban J connectivity index is 0.000000399. The normalized spacial score (nSPS) is 23.3. The van der Waals surface area contributed by atoms with Crippen molar-refractivity contribution in [2.75, 3.05) is 13.2 Å². The van der Waals surface area contributed by atoms with Crippen LogP contribution in [-0.2, 0) is 14.4 Å². The number of carboxylic acids is 2. The smallest absolute Gasteiger partial charge is 0.326 e. The monoisotopic (exact) mass is 278 g/mol. The molecule has 0 aliphatic carbocycles. The molecule has 0 bridgehead atoms. The number of hydrogen-bond acceptors (Lipinski definition) is 6. The first-order valence-corrected chi connectivity index (χ1v) is 5.48. The number of likely N-dealkylation sites (tertiary alicyclic amines) is 1. The zero-order valence-electron chi connectivity index (χ0n) is 10.4. The Morgan fingerprint density at radius 2 is 1.89 bits per heavy atom. The van der Waals surface area contributed by atoms with Crippen molar-refractivity contribution in [3.05, 3.63) is 0 Å². The molecule has 2 unspecified atom stereocenters. The largest absolute Gasteiger partial charge is 0.480 e. The molecule has 1 amide bonds. The van der Waals surface area contributed by atoms with Crippen LogP contribution in [0.1, 0.15) is 13.3 Å². The van der Waals surface area contributed by atoms with Gasteiger partial charge in [0.05, 0.1) is 12.7 Å². The lowest BCUT2D eigenvalue weighted by Gasteiger charge is -2.18. The summed E-state index contributed by atoms with van der Waals surface area (Å²) in [6.45, 7) is 0.926. The van der Waals surface area contributed by atoms with Crippen molar-refractivity contribution in [2.24, 2.45) is 5.73 Å². The molecule has 110 valence electrons. The van der Waals surface area contributed by atoms with E-state index in [0.717, 1.165) is 0 Å². The molecule has 19 heavy (non-hydrogen) atoms. The number of carbonyl (C=O) groups excluding carboxylic acids is 1. The van der Waals surface area contributed by atoms with E-state index in [0.29, 0.717) is 0 Å². The van der Waals surface area contributed by atoms with E-state index in [2.05, 4.69) is 0 Å². The third kappa shape index (κ3) is 5.64. The van der Waals surface area contributed by atoms with Crippen molar-refractivity contribution in [1.29, 1.82) is 0 Å². The predicted molar refractivity (Wildman–Crippen MR) is 62.1 cm³/mol. The molecule has 9 heteroatoms. The number of rotatable bonds is 3.